The lowest BCUT2D eigenvalue weighted by Crippen LogP contribution is -2.28. The van der Waals surface area contributed by atoms with Crippen LogP contribution in [-0.4, -0.2) is 45.7 Å². The fourth-order valence-electron chi connectivity index (χ4n) is 4.36. The van der Waals surface area contributed by atoms with Crippen molar-refractivity contribution in [2.45, 2.75) is 97.1 Å². The molecule has 1 heterocycles. The summed E-state index contributed by atoms with van der Waals surface area (Å²) in [7, 11) is 0. The predicted molar refractivity (Wildman–Crippen MR) is 110 cm³/mol. The number of allylic oxidation sites excluding steroid dienone is 2. The molecule has 0 aromatic heterocycles. The molecule has 5 nitrogen and oxygen atoms in total. The highest BCUT2D eigenvalue weighted by Crippen LogP contribution is 2.45. The van der Waals surface area contributed by atoms with Crippen molar-refractivity contribution in [3.63, 3.8) is 0 Å². The van der Waals surface area contributed by atoms with Crippen molar-refractivity contribution >= 4 is 5.97 Å². The summed E-state index contributed by atoms with van der Waals surface area (Å²) in [5.41, 5.74) is 0.992. The topological polar surface area (TPSA) is 87.0 Å². The molecule has 0 aromatic rings. The number of fused-ring (bicyclic) bond motifs is 1. The Balaban J connectivity index is 1.88. The van der Waals surface area contributed by atoms with E-state index < -0.39 is 18.2 Å². The normalized spacial score (nSPS) is 31.1. The Morgan fingerprint density at radius 2 is 1.96 bits per heavy atom. The first kappa shape index (κ1) is 23.1. The second kappa shape index (κ2) is 10.0. The molecule has 1 aliphatic heterocycles. The van der Waals surface area contributed by atoms with Gasteiger partial charge in [0.25, 0.3) is 0 Å². The van der Waals surface area contributed by atoms with Crippen molar-refractivity contribution in [2.75, 3.05) is 0 Å². The van der Waals surface area contributed by atoms with E-state index in [0.29, 0.717) is 12.8 Å². The average Bonchev–Trinajstić information content (AvgIpc) is 3.11. The standard InChI is InChI=1S/C23H38O5/c1-15(2)11-12-23(3,4)21(25)10-9-17-18-13-16(7-5-6-8-22(26)27)28-20(18)14-19(17)24/h9-11,16-21,24-25H,5-8,12-14H2,1-4H3,(H,26,27)/b10-9+/t16-,17+,18+,19+,20-,21+/m0/s1. The molecular weight excluding hydrogens is 356 g/mol. The van der Waals surface area contributed by atoms with Crippen LogP contribution in [0.1, 0.15) is 72.6 Å². The van der Waals surface area contributed by atoms with Crippen molar-refractivity contribution in [3.8, 4) is 0 Å². The Morgan fingerprint density at radius 1 is 1.25 bits per heavy atom. The number of aliphatic hydroxyl groups is 2. The van der Waals surface area contributed by atoms with Gasteiger partial charge in [0.2, 0.25) is 0 Å². The maximum atomic E-state index is 10.6. The van der Waals surface area contributed by atoms with E-state index >= 15 is 0 Å². The third-order valence-electron chi connectivity index (χ3n) is 6.31. The second-order valence-corrected chi connectivity index (χ2v) is 9.52. The third-order valence-corrected chi connectivity index (χ3v) is 6.31. The maximum Gasteiger partial charge on any atom is 0.303 e. The predicted octanol–water partition coefficient (Wildman–Crippen LogP) is 4.09. The van der Waals surface area contributed by atoms with Crippen LogP contribution in [-0.2, 0) is 9.53 Å². The van der Waals surface area contributed by atoms with Gasteiger partial charge < -0.3 is 20.1 Å². The van der Waals surface area contributed by atoms with Crippen molar-refractivity contribution in [3.05, 3.63) is 23.8 Å². The van der Waals surface area contributed by atoms with Gasteiger partial charge >= 0.3 is 5.97 Å². The molecule has 1 saturated carbocycles. The molecule has 160 valence electrons. The molecule has 1 aliphatic carbocycles. The summed E-state index contributed by atoms with van der Waals surface area (Å²) in [6, 6.07) is 0. The third kappa shape index (κ3) is 6.43. The summed E-state index contributed by atoms with van der Waals surface area (Å²) >= 11 is 0. The van der Waals surface area contributed by atoms with Crippen molar-refractivity contribution in [2.24, 2.45) is 17.3 Å². The minimum absolute atomic E-state index is 0.0166. The molecule has 0 bridgehead atoms. The molecule has 0 unspecified atom stereocenters. The number of hydrogen-bond acceptors (Lipinski definition) is 4. The Kier molecular flexibility index (Phi) is 8.29. The van der Waals surface area contributed by atoms with Gasteiger partial charge in [0.1, 0.15) is 0 Å². The fourth-order valence-corrected chi connectivity index (χ4v) is 4.36. The molecule has 6 atom stereocenters. The van der Waals surface area contributed by atoms with Gasteiger partial charge in [-0.25, -0.2) is 0 Å². The van der Waals surface area contributed by atoms with Crippen LogP contribution >= 0.6 is 0 Å². The number of carboxylic acids is 1. The van der Waals surface area contributed by atoms with Crippen LogP contribution in [0.4, 0.5) is 0 Å². The maximum absolute atomic E-state index is 10.6. The van der Waals surface area contributed by atoms with Gasteiger partial charge in [-0.1, -0.05) is 44.1 Å². The molecule has 1 saturated heterocycles. The number of unbranched alkanes of at least 4 members (excludes halogenated alkanes) is 1. The lowest BCUT2D eigenvalue weighted by atomic mass is 9.81. The van der Waals surface area contributed by atoms with E-state index in [1.807, 2.05) is 12.2 Å². The number of carbonyl (C=O) groups is 1. The molecule has 0 radical (unpaired) electrons. The molecule has 0 amide bonds. The highest BCUT2D eigenvalue weighted by Gasteiger charge is 2.47. The summed E-state index contributed by atoms with van der Waals surface area (Å²) < 4.78 is 6.12. The van der Waals surface area contributed by atoms with E-state index in [9.17, 15) is 15.0 Å². The van der Waals surface area contributed by atoms with Crippen LogP contribution in [0.5, 0.6) is 0 Å². The largest absolute Gasteiger partial charge is 0.481 e. The first-order chi connectivity index (χ1) is 13.1. The minimum Gasteiger partial charge on any atom is -0.481 e. The SMILES string of the molecule is CC(C)=CCC(C)(C)[C@H](O)/C=C/[C@@H]1[C@H]2C[C@H](CCCCC(=O)O)O[C@H]2C[C@H]1O. The van der Waals surface area contributed by atoms with Gasteiger partial charge in [-0.15, -0.1) is 0 Å². The highest BCUT2D eigenvalue weighted by molar-refractivity contribution is 5.66. The molecule has 3 N–H and O–H groups in total. The lowest BCUT2D eigenvalue weighted by molar-refractivity contribution is -0.137. The van der Waals surface area contributed by atoms with Crippen LogP contribution in [0.2, 0.25) is 0 Å². The lowest BCUT2D eigenvalue weighted by Gasteiger charge is -2.28. The molecule has 2 aliphatic rings. The van der Waals surface area contributed by atoms with E-state index in [0.717, 1.165) is 25.7 Å². The second-order valence-electron chi connectivity index (χ2n) is 9.52. The van der Waals surface area contributed by atoms with E-state index in [4.69, 9.17) is 9.84 Å². The summed E-state index contributed by atoms with van der Waals surface area (Å²) in [5.74, 6) is -0.449. The van der Waals surface area contributed by atoms with Crippen LogP contribution in [0.3, 0.4) is 0 Å². The van der Waals surface area contributed by atoms with E-state index in [1.165, 1.54) is 5.57 Å². The number of aliphatic hydroxyl groups excluding tert-OH is 2. The summed E-state index contributed by atoms with van der Waals surface area (Å²) in [6.45, 7) is 8.24. The Hall–Kier alpha value is -1.17. The smallest absolute Gasteiger partial charge is 0.303 e. The number of rotatable bonds is 10. The van der Waals surface area contributed by atoms with Crippen molar-refractivity contribution in [1.82, 2.24) is 0 Å². The fraction of sp³-hybridized carbons (Fsp3) is 0.783. The van der Waals surface area contributed by atoms with Gasteiger partial charge in [-0.2, -0.15) is 0 Å². The Bertz CT molecular complexity index is 576. The molecular formula is C23H38O5. The number of carboxylic acid groups (broad SMARTS) is 1. The summed E-state index contributed by atoms with van der Waals surface area (Å²) in [6.07, 6.45) is 10.2. The molecule has 0 spiro atoms. The van der Waals surface area contributed by atoms with Crippen LogP contribution in [0.15, 0.2) is 23.8 Å². The Labute approximate surface area is 169 Å². The zero-order valence-electron chi connectivity index (χ0n) is 17.8. The number of ether oxygens (including phenoxy) is 1. The molecule has 28 heavy (non-hydrogen) atoms. The van der Waals surface area contributed by atoms with Crippen LogP contribution in [0, 0.1) is 17.3 Å². The summed E-state index contributed by atoms with van der Waals surface area (Å²) in [5, 5.41) is 29.8. The number of hydrogen-bond donors (Lipinski definition) is 3. The van der Waals surface area contributed by atoms with Gasteiger partial charge in [0.15, 0.2) is 0 Å². The monoisotopic (exact) mass is 394 g/mol. The molecule has 0 aromatic carbocycles. The van der Waals surface area contributed by atoms with Crippen LogP contribution in [0.25, 0.3) is 0 Å². The quantitative estimate of drug-likeness (QED) is 0.384. The molecule has 2 fully saturated rings. The summed E-state index contributed by atoms with van der Waals surface area (Å²) in [4.78, 5) is 10.6. The van der Waals surface area contributed by atoms with E-state index in [1.54, 1.807) is 0 Å². The number of aliphatic carboxylic acids is 1. The van der Waals surface area contributed by atoms with Gasteiger partial charge in [0, 0.05) is 18.8 Å². The van der Waals surface area contributed by atoms with Gasteiger partial charge in [-0.3, -0.25) is 4.79 Å². The zero-order valence-corrected chi connectivity index (χ0v) is 17.8. The first-order valence-corrected chi connectivity index (χ1v) is 10.6. The average molecular weight is 395 g/mol. The van der Waals surface area contributed by atoms with Crippen LogP contribution < -0.4 is 0 Å². The highest BCUT2D eigenvalue weighted by atomic mass is 16.5. The van der Waals surface area contributed by atoms with E-state index in [2.05, 4.69) is 33.8 Å². The zero-order chi connectivity index (χ0) is 20.9. The molecule has 2 rings (SSSR count). The van der Waals surface area contributed by atoms with Crippen molar-refractivity contribution < 1.29 is 24.9 Å². The van der Waals surface area contributed by atoms with Crippen molar-refractivity contribution in [1.29, 1.82) is 0 Å². The Morgan fingerprint density at radius 3 is 2.61 bits per heavy atom. The van der Waals surface area contributed by atoms with E-state index in [-0.39, 0.29) is 35.9 Å². The minimum atomic E-state index is -0.747. The van der Waals surface area contributed by atoms with Gasteiger partial charge in [-0.05, 0) is 50.9 Å². The van der Waals surface area contributed by atoms with Gasteiger partial charge in [0.05, 0.1) is 24.4 Å². The first-order valence-electron chi connectivity index (χ1n) is 10.6. The molecule has 5 heteroatoms.